The lowest BCUT2D eigenvalue weighted by Crippen LogP contribution is -2.52. The van der Waals surface area contributed by atoms with Crippen LogP contribution >= 0.6 is 0 Å². The fraction of sp³-hybridized carbons (Fsp3) is 0.765. The third-order valence-electron chi connectivity index (χ3n) is 5.39. The first-order chi connectivity index (χ1) is 12.5. The largest absolute Gasteiger partial charge is 0.475 e. The van der Waals surface area contributed by atoms with Gasteiger partial charge in [0.05, 0.1) is 0 Å². The van der Waals surface area contributed by atoms with Crippen molar-refractivity contribution in [1.82, 2.24) is 20.1 Å². The van der Waals surface area contributed by atoms with Crippen molar-refractivity contribution in [1.29, 1.82) is 0 Å². The van der Waals surface area contributed by atoms with Crippen molar-refractivity contribution in [3.8, 4) is 0 Å². The molecule has 2 atom stereocenters. The van der Waals surface area contributed by atoms with Gasteiger partial charge in [0.1, 0.15) is 0 Å². The highest BCUT2D eigenvalue weighted by Crippen LogP contribution is 2.25. The highest BCUT2D eigenvalue weighted by Gasteiger charge is 2.33. The maximum atomic E-state index is 12.5. The fourth-order valence-electron chi connectivity index (χ4n) is 3.82. The Labute approximate surface area is 152 Å². The Morgan fingerprint density at radius 3 is 2.65 bits per heavy atom. The lowest BCUT2D eigenvalue weighted by atomic mass is 9.89. The van der Waals surface area contributed by atoms with Gasteiger partial charge in [-0.25, -0.2) is 9.48 Å². The van der Waals surface area contributed by atoms with Gasteiger partial charge in [-0.2, -0.15) is 4.98 Å². The number of aromatic carboxylic acids is 1. The molecule has 0 aliphatic carbocycles. The Morgan fingerprint density at radius 2 is 2.04 bits per heavy atom. The van der Waals surface area contributed by atoms with Crippen molar-refractivity contribution in [2.75, 3.05) is 31.2 Å². The average molecular weight is 365 g/mol. The van der Waals surface area contributed by atoms with Crippen LogP contribution < -0.4 is 10.2 Å². The van der Waals surface area contributed by atoms with Crippen molar-refractivity contribution in [2.24, 2.45) is 18.9 Å². The number of ether oxygens (including phenoxy) is 1. The van der Waals surface area contributed by atoms with Crippen LogP contribution in [0, 0.1) is 11.8 Å². The first kappa shape index (κ1) is 18.6. The van der Waals surface area contributed by atoms with Gasteiger partial charge in [0, 0.05) is 45.3 Å². The van der Waals surface area contributed by atoms with Crippen LogP contribution in [0.15, 0.2) is 0 Å². The molecule has 1 aromatic rings. The van der Waals surface area contributed by atoms with Crippen molar-refractivity contribution in [3.05, 3.63) is 5.82 Å². The van der Waals surface area contributed by atoms with E-state index in [9.17, 15) is 9.59 Å². The molecule has 9 heteroatoms. The minimum Gasteiger partial charge on any atom is -0.475 e. The number of hydrogen-bond acceptors (Lipinski definition) is 6. The molecule has 1 amide bonds. The summed E-state index contributed by atoms with van der Waals surface area (Å²) in [5, 5.41) is 16.3. The number of aromatic nitrogens is 3. The average Bonchev–Trinajstić information content (AvgIpc) is 3.05. The minimum absolute atomic E-state index is 0.0520. The highest BCUT2D eigenvalue weighted by atomic mass is 16.5. The Kier molecular flexibility index (Phi) is 5.75. The van der Waals surface area contributed by atoms with Gasteiger partial charge in [0.25, 0.3) is 5.82 Å². The summed E-state index contributed by atoms with van der Waals surface area (Å²) in [5.74, 6) is -0.274. The molecule has 0 spiro atoms. The summed E-state index contributed by atoms with van der Waals surface area (Å²) in [6, 6.07) is 0.138. The molecule has 0 unspecified atom stereocenters. The SMILES string of the molecule is CC[C@@H]1CN(c2nc(C(=O)O)nn2C)CC[C@@H]1NC(=O)C1CCOCC1. The number of nitrogens with one attached hydrogen (secondary N) is 1. The van der Waals surface area contributed by atoms with Crippen molar-refractivity contribution in [2.45, 2.75) is 38.6 Å². The second kappa shape index (κ2) is 8.03. The van der Waals surface area contributed by atoms with E-state index >= 15 is 0 Å². The van der Waals surface area contributed by atoms with Crippen LogP contribution in [-0.4, -0.2) is 64.1 Å². The number of hydrogen-bond donors (Lipinski definition) is 2. The Morgan fingerprint density at radius 1 is 1.31 bits per heavy atom. The van der Waals surface area contributed by atoms with Gasteiger partial charge in [-0.1, -0.05) is 6.92 Å². The summed E-state index contributed by atoms with van der Waals surface area (Å²) < 4.78 is 6.84. The second-order valence-electron chi connectivity index (χ2n) is 7.07. The zero-order valence-corrected chi connectivity index (χ0v) is 15.3. The molecule has 0 radical (unpaired) electrons. The van der Waals surface area contributed by atoms with Crippen LogP contribution in [0.25, 0.3) is 0 Å². The van der Waals surface area contributed by atoms with Crippen molar-refractivity contribution >= 4 is 17.8 Å². The van der Waals surface area contributed by atoms with Gasteiger partial charge in [-0.3, -0.25) is 4.79 Å². The maximum absolute atomic E-state index is 12.5. The van der Waals surface area contributed by atoms with Crippen LogP contribution in [0.1, 0.15) is 43.2 Å². The van der Waals surface area contributed by atoms with E-state index in [-0.39, 0.29) is 29.6 Å². The van der Waals surface area contributed by atoms with E-state index in [4.69, 9.17) is 9.84 Å². The smallest absolute Gasteiger partial charge is 0.375 e. The summed E-state index contributed by atoms with van der Waals surface area (Å²) in [6.45, 7) is 4.86. The van der Waals surface area contributed by atoms with E-state index in [0.29, 0.717) is 25.7 Å². The molecule has 144 valence electrons. The van der Waals surface area contributed by atoms with E-state index in [2.05, 4.69) is 27.2 Å². The summed E-state index contributed by atoms with van der Waals surface area (Å²) >= 11 is 0. The van der Waals surface area contributed by atoms with Crippen LogP contribution in [0.4, 0.5) is 5.95 Å². The zero-order valence-electron chi connectivity index (χ0n) is 15.3. The minimum atomic E-state index is -1.13. The summed E-state index contributed by atoms with van der Waals surface area (Å²) in [5.41, 5.74) is 0. The van der Waals surface area contributed by atoms with Gasteiger partial charge in [-0.05, 0) is 31.6 Å². The molecule has 2 aliphatic heterocycles. The number of nitrogens with zero attached hydrogens (tertiary/aromatic N) is 4. The van der Waals surface area contributed by atoms with E-state index in [1.54, 1.807) is 7.05 Å². The fourth-order valence-corrected chi connectivity index (χ4v) is 3.82. The quantitative estimate of drug-likeness (QED) is 0.789. The topological polar surface area (TPSA) is 110 Å². The number of carboxylic acid groups (broad SMARTS) is 1. The van der Waals surface area contributed by atoms with Gasteiger partial charge >= 0.3 is 5.97 Å². The number of rotatable bonds is 5. The van der Waals surface area contributed by atoms with Gasteiger partial charge in [0.2, 0.25) is 11.9 Å². The molecule has 1 aromatic heterocycles. The lowest BCUT2D eigenvalue weighted by Gasteiger charge is -2.39. The van der Waals surface area contributed by atoms with E-state index < -0.39 is 5.97 Å². The summed E-state index contributed by atoms with van der Waals surface area (Å²) in [7, 11) is 1.70. The number of anilines is 1. The molecule has 3 heterocycles. The van der Waals surface area contributed by atoms with Gasteiger partial charge in [0.15, 0.2) is 0 Å². The maximum Gasteiger partial charge on any atom is 0.375 e. The van der Waals surface area contributed by atoms with Crippen LogP contribution in [0.5, 0.6) is 0 Å². The van der Waals surface area contributed by atoms with Gasteiger partial charge < -0.3 is 20.1 Å². The number of carbonyl (C=O) groups is 2. The van der Waals surface area contributed by atoms with Crippen molar-refractivity contribution in [3.63, 3.8) is 0 Å². The number of piperidine rings is 1. The van der Waals surface area contributed by atoms with Crippen LogP contribution in [0.2, 0.25) is 0 Å². The third kappa shape index (κ3) is 3.98. The zero-order chi connectivity index (χ0) is 18.7. The number of carbonyl (C=O) groups excluding carboxylic acids is 1. The molecular formula is C17H27N5O4. The number of carboxylic acids is 1. The third-order valence-corrected chi connectivity index (χ3v) is 5.39. The highest BCUT2D eigenvalue weighted by molar-refractivity contribution is 5.83. The first-order valence-corrected chi connectivity index (χ1v) is 9.27. The Bertz CT molecular complexity index is 656. The molecule has 0 bridgehead atoms. The molecule has 0 aromatic carbocycles. The van der Waals surface area contributed by atoms with E-state index in [0.717, 1.165) is 32.2 Å². The number of amides is 1. The molecule has 2 saturated heterocycles. The van der Waals surface area contributed by atoms with Gasteiger partial charge in [-0.15, -0.1) is 5.10 Å². The predicted octanol–water partition coefficient (Wildman–Crippen LogP) is 0.661. The second-order valence-corrected chi connectivity index (χ2v) is 7.07. The molecule has 0 saturated carbocycles. The van der Waals surface area contributed by atoms with Crippen LogP contribution in [-0.2, 0) is 16.6 Å². The summed E-state index contributed by atoms with van der Waals surface area (Å²) in [4.78, 5) is 29.8. The molecule has 2 N–H and O–H groups in total. The summed E-state index contributed by atoms with van der Waals surface area (Å²) in [6.07, 6.45) is 3.32. The van der Waals surface area contributed by atoms with E-state index in [1.807, 2.05) is 0 Å². The normalized spacial score (nSPS) is 24.5. The van der Waals surface area contributed by atoms with Crippen molar-refractivity contribution < 1.29 is 19.4 Å². The predicted molar refractivity (Wildman–Crippen MR) is 94.0 cm³/mol. The van der Waals surface area contributed by atoms with Crippen LogP contribution in [0.3, 0.4) is 0 Å². The molecule has 9 nitrogen and oxygen atoms in total. The standard InChI is InChI=1S/C17H27N5O4/c1-3-11-10-22(17-19-14(16(24)25)20-21(17)2)7-4-13(11)18-15(23)12-5-8-26-9-6-12/h11-13H,3-10H2,1-2H3,(H,18,23)(H,24,25)/t11-,13+/m1/s1. The first-order valence-electron chi connectivity index (χ1n) is 9.27. The van der Waals surface area contributed by atoms with E-state index in [1.165, 1.54) is 4.68 Å². The number of aryl methyl sites for hydroxylation is 1. The Hall–Kier alpha value is -2.16. The Balaban J connectivity index is 1.63. The molecule has 3 rings (SSSR count). The lowest BCUT2D eigenvalue weighted by molar-refractivity contribution is -0.129. The molecule has 2 fully saturated rings. The molecule has 2 aliphatic rings. The monoisotopic (exact) mass is 365 g/mol. The molecule has 26 heavy (non-hydrogen) atoms. The molecular weight excluding hydrogens is 338 g/mol.